The summed E-state index contributed by atoms with van der Waals surface area (Å²) >= 11 is 5.73. The van der Waals surface area contributed by atoms with Crippen LogP contribution in [-0.2, 0) is 10.6 Å². The van der Waals surface area contributed by atoms with Crippen molar-refractivity contribution in [1.29, 1.82) is 0 Å². The van der Waals surface area contributed by atoms with Crippen LogP contribution >= 0.6 is 11.6 Å². The lowest BCUT2D eigenvalue weighted by molar-refractivity contribution is 0.0437. The monoisotopic (exact) mass is 269 g/mol. The molecule has 1 aromatic rings. The molecule has 2 rings (SSSR count). The Morgan fingerprint density at radius 3 is 2.89 bits per heavy atom. The highest BCUT2D eigenvalue weighted by Crippen LogP contribution is 2.18. The van der Waals surface area contributed by atoms with Crippen molar-refractivity contribution in [3.63, 3.8) is 0 Å². The van der Waals surface area contributed by atoms with Crippen molar-refractivity contribution in [3.05, 3.63) is 18.0 Å². The summed E-state index contributed by atoms with van der Waals surface area (Å²) in [5.41, 5.74) is 0.955. The van der Waals surface area contributed by atoms with Gasteiger partial charge in [-0.3, -0.25) is 0 Å². The topological polar surface area (TPSA) is 38.2 Å². The van der Waals surface area contributed by atoms with Crippen molar-refractivity contribution < 1.29 is 4.74 Å². The molecule has 0 saturated carbocycles. The second-order valence-corrected chi connectivity index (χ2v) is 4.87. The normalized spacial score (nSPS) is 20.1. The molecule has 1 aliphatic heterocycles. The van der Waals surface area contributed by atoms with Crippen LogP contribution in [0.4, 0.5) is 5.95 Å². The van der Waals surface area contributed by atoms with Gasteiger partial charge in [-0.05, 0) is 19.3 Å². The molecule has 0 spiro atoms. The molecule has 4 nitrogen and oxygen atoms in total. The van der Waals surface area contributed by atoms with Gasteiger partial charge in [0.2, 0.25) is 5.95 Å². The lowest BCUT2D eigenvalue weighted by atomic mass is 10.1. The molecular weight excluding hydrogens is 250 g/mol. The molecule has 0 radical (unpaired) electrons. The van der Waals surface area contributed by atoms with Gasteiger partial charge in [0.05, 0.1) is 12.0 Å². The van der Waals surface area contributed by atoms with Gasteiger partial charge in [0, 0.05) is 37.7 Å². The third kappa shape index (κ3) is 3.56. The summed E-state index contributed by atoms with van der Waals surface area (Å²) in [6.45, 7) is 4.87. The first-order chi connectivity index (χ1) is 8.83. The van der Waals surface area contributed by atoms with Gasteiger partial charge in [-0.2, -0.15) is 0 Å². The van der Waals surface area contributed by atoms with E-state index < -0.39 is 0 Å². The number of alkyl halides is 1. The molecule has 2 heterocycles. The predicted octanol–water partition coefficient (Wildman–Crippen LogP) is 2.61. The quantitative estimate of drug-likeness (QED) is 0.770. The molecule has 0 amide bonds. The van der Waals surface area contributed by atoms with Gasteiger partial charge in [-0.15, -0.1) is 11.6 Å². The highest BCUT2D eigenvalue weighted by molar-refractivity contribution is 6.17. The fourth-order valence-electron chi connectivity index (χ4n) is 2.12. The number of piperidine rings is 1. The van der Waals surface area contributed by atoms with Crippen molar-refractivity contribution in [2.24, 2.45) is 0 Å². The smallest absolute Gasteiger partial charge is 0.225 e. The van der Waals surface area contributed by atoms with E-state index in [2.05, 4.69) is 21.8 Å². The third-order valence-corrected chi connectivity index (χ3v) is 3.37. The zero-order valence-corrected chi connectivity index (χ0v) is 11.6. The fraction of sp³-hybridized carbons (Fsp3) is 0.692. The molecule has 5 heteroatoms. The molecule has 1 aromatic heterocycles. The van der Waals surface area contributed by atoms with Crippen LogP contribution in [0.25, 0.3) is 0 Å². The Morgan fingerprint density at radius 2 is 2.22 bits per heavy atom. The minimum Gasteiger partial charge on any atom is -0.376 e. The molecule has 1 aliphatic rings. The third-order valence-electron chi connectivity index (χ3n) is 3.06. The summed E-state index contributed by atoms with van der Waals surface area (Å²) < 4.78 is 5.81. The highest BCUT2D eigenvalue weighted by Gasteiger charge is 2.21. The van der Waals surface area contributed by atoms with Gasteiger partial charge < -0.3 is 9.64 Å². The Labute approximate surface area is 113 Å². The second kappa shape index (κ2) is 6.90. The zero-order chi connectivity index (χ0) is 12.8. The SMILES string of the molecule is CCCOC1CCCN(c2ncc(CCl)cn2)C1. The first kappa shape index (κ1) is 13.6. The Kier molecular flexibility index (Phi) is 5.20. The number of hydrogen-bond acceptors (Lipinski definition) is 4. The van der Waals surface area contributed by atoms with Crippen LogP contribution in [0.5, 0.6) is 0 Å². The number of rotatable bonds is 5. The van der Waals surface area contributed by atoms with E-state index in [1.54, 1.807) is 12.4 Å². The molecule has 18 heavy (non-hydrogen) atoms. The van der Waals surface area contributed by atoms with E-state index in [1.807, 2.05) is 0 Å². The average molecular weight is 270 g/mol. The first-order valence-corrected chi connectivity index (χ1v) is 7.10. The van der Waals surface area contributed by atoms with Gasteiger partial charge in [-0.1, -0.05) is 6.92 Å². The van der Waals surface area contributed by atoms with Crippen LogP contribution in [0.1, 0.15) is 31.7 Å². The molecular formula is C13H20ClN3O. The van der Waals surface area contributed by atoms with Crippen molar-refractivity contribution in [2.75, 3.05) is 24.6 Å². The summed E-state index contributed by atoms with van der Waals surface area (Å²) in [6, 6.07) is 0. The van der Waals surface area contributed by atoms with Crippen LogP contribution in [-0.4, -0.2) is 35.8 Å². The first-order valence-electron chi connectivity index (χ1n) is 6.57. The van der Waals surface area contributed by atoms with Crippen molar-refractivity contribution in [1.82, 2.24) is 9.97 Å². The molecule has 1 fully saturated rings. The Balaban J connectivity index is 1.94. The predicted molar refractivity (Wildman–Crippen MR) is 73.1 cm³/mol. The minimum atomic E-state index is 0.315. The van der Waals surface area contributed by atoms with E-state index in [4.69, 9.17) is 16.3 Å². The number of aromatic nitrogens is 2. The molecule has 0 bridgehead atoms. The van der Waals surface area contributed by atoms with Crippen molar-refractivity contribution >= 4 is 17.5 Å². The molecule has 1 atom stereocenters. The van der Waals surface area contributed by atoms with Gasteiger partial charge in [0.1, 0.15) is 0 Å². The molecule has 1 saturated heterocycles. The van der Waals surface area contributed by atoms with Crippen LogP contribution in [0.2, 0.25) is 0 Å². The largest absolute Gasteiger partial charge is 0.376 e. The Bertz CT molecular complexity index is 358. The van der Waals surface area contributed by atoms with Gasteiger partial charge in [0.15, 0.2) is 0 Å². The van der Waals surface area contributed by atoms with E-state index >= 15 is 0 Å². The number of nitrogens with zero attached hydrogens (tertiary/aromatic N) is 3. The molecule has 1 unspecified atom stereocenters. The summed E-state index contributed by atoms with van der Waals surface area (Å²) in [5, 5.41) is 0. The number of hydrogen-bond donors (Lipinski definition) is 0. The van der Waals surface area contributed by atoms with E-state index in [0.29, 0.717) is 12.0 Å². The van der Waals surface area contributed by atoms with E-state index in [-0.39, 0.29) is 0 Å². The maximum atomic E-state index is 5.81. The summed E-state index contributed by atoms with van der Waals surface area (Å²) in [7, 11) is 0. The van der Waals surface area contributed by atoms with Crippen molar-refractivity contribution in [2.45, 2.75) is 38.2 Å². The average Bonchev–Trinajstić information content (AvgIpc) is 2.45. The summed E-state index contributed by atoms with van der Waals surface area (Å²) in [4.78, 5) is 10.9. The number of ether oxygens (including phenoxy) is 1. The van der Waals surface area contributed by atoms with E-state index in [9.17, 15) is 0 Å². The zero-order valence-electron chi connectivity index (χ0n) is 10.8. The molecule has 0 aromatic carbocycles. The van der Waals surface area contributed by atoms with Crippen LogP contribution in [0.3, 0.4) is 0 Å². The Hall–Kier alpha value is -0.870. The van der Waals surface area contributed by atoms with Crippen LogP contribution in [0, 0.1) is 0 Å². The number of anilines is 1. The summed E-state index contributed by atoms with van der Waals surface area (Å²) in [6.07, 6.45) is 7.25. The molecule has 100 valence electrons. The van der Waals surface area contributed by atoms with Gasteiger partial charge in [0.25, 0.3) is 0 Å². The maximum Gasteiger partial charge on any atom is 0.225 e. The molecule has 0 N–H and O–H groups in total. The van der Waals surface area contributed by atoms with Crippen LogP contribution in [0.15, 0.2) is 12.4 Å². The fourth-order valence-corrected chi connectivity index (χ4v) is 2.26. The standard InChI is InChI=1S/C13H20ClN3O/c1-2-6-18-12-4-3-5-17(10-12)13-15-8-11(7-14)9-16-13/h8-9,12H,2-7,10H2,1H3. The summed E-state index contributed by atoms with van der Waals surface area (Å²) in [5.74, 6) is 1.25. The second-order valence-electron chi connectivity index (χ2n) is 4.61. The lowest BCUT2D eigenvalue weighted by Crippen LogP contribution is -2.40. The van der Waals surface area contributed by atoms with E-state index in [0.717, 1.165) is 50.5 Å². The Morgan fingerprint density at radius 1 is 1.44 bits per heavy atom. The van der Waals surface area contributed by atoms with Crippen molar-refractivity contribution in [3.8, 4) is 0 Å². The highest BCUT2D eigenvalue weighted by atomic mass is 35.5. The van der Waals surface area contributed by atoms with E-state index in [1.165, 1.54) is 0 Å². The van der Waals surface area contributed by atoms with Gasteiger partial charge >= 0.3 is 0 Å². The maximum absolute atomic E-state index is 5.81. The number of halogens is 1. The van der Waals surface area contributed by atoms with Crippen LogP contribution < -0.4 is 4.90 Å². The lowest BCUT2D eigenvalue weighted by Gasteiger charge is -2.32. The molecule has 0 aliphatic carbocycles. The van der Waals surface area contributed by atoms with Gasteiger partial charge in [-0.25, -0.2) is 9.97 Å². The minimum absolute atomic E-state index is 0.315.